The molecule has 0 saturated carbocycles. The first-order chi connectivity index (χ1) is 14.8. The van der Waals surface area contributed by atoms with Gasteiger partial charge in [0, 0.05) is 11.9 Å². The van der Waals surface area contributed by atoms with Gasteiger partial charge in [0.15, 0.2) is 11.5 Å². The monoisotopic (exact) mass is 416 g/mol. The van der Waals surface area contributed by atoms with Crippen LogP contribution in [0.4, 0.5) is 11.6 Å². The molecule has 0 fully saturated rings. The van der Waals surface area contributed by atoms with E-state index >= 15 is 0 Å². The van der Waals surface area contributed by atoms with E-state index in [-0.39, 0.29) is 12.1 Å². The van der Waals surface area contributed by atoms with Crippen LogP contribution in [0.1, 0.15) is 25.1 Å². The average molecular weight is 416 g/mol. The molecule has 0 unspecified atom stereocenters. The van der Waals surface area contributed by atoms with Crippen LogP contribution in [0.15, 0.2) is 66.1 Å². The van der Waals surface area contributed by atoms with Gasteiger partial charge in [-0.2, -0.15) is 4.98 Å². The number of nitrogens with zero attached hydrogens (tertiary/aromatic N) is 5. The number of aromatic nitrogens is 5. The second-order valence-electron chi connectivity index (χ2n) is 7.85. The molecule has 158 valence electrons. The lowest BCUT2D eigenvalue weighted by atomic mass is 10.1. The molecule has 4 aromatic rings. The van der Waals surface area contributed by atoms with Crippen LogP contribution in [-0.4, -0.2) is 29.4 Å². The number of hydrogen-bond donors (Lipinski definition) is 2. The number of aliphatic hydroxyl groups is 1. The van der Waals surface area contributed by atoms with Gasteiger partial charge in [-0.25, -0.2) is 19.3 Å². The van der Waals surface area contributed by atoms with Crippen LogP contribution in [0.2, 0.25) is 0 Å². The summed E-state index contributed by atoms with van der Waals surface area (Å²) < 4.78 is 3.13. The number of benzene rings is 1. The van der Waals surface area contributed by atoms with E-state index in [4.69, 9.17) is 0 Å². The Morgan fingerprint density at radius 2 is 1.90 bits per heavy atom. The van der Waals surface area contributed by atoms with Gasteiger partial charge in [0.05, 0.1) is 12.2 Å². The first-order valence-electron chi connectivity index (χ1n) is 9.91. The minimum Gasteiger partial charge on any atom is -0.384 e. The number of allylic oxidation sites excluding steroid dienone is 1. The zero-order chi connectivity index (χ0) is 22.2. The van der Waals surface area contributed by atoms with Crippen molar-refractivity contribution in [1.29, 1.82) is 0 Å². The third-order valence-corrected chi connectivity index (χ3v) is 4.86. The molecule has 0 bridgehead atoms. The molecule has 2 N–H and O–H groups in total. The molecule has 0 aliphatic heterocycles. The Bertz CT molecular complexity index is 1310. The Morgan fingerprint density at radius 1 is 1.16 bits per heavy atom. The van der Waals surface area contributed by atoms with Gasteiger partial charge in [0.1, 0.15) is 11.0 Å². The van der Waals surface area contributed by atoms with Crippen LogP contribution in [0, 0.1) is 6.92 Å². The molecule has 3 heterocycles. The molecule has 3 aromatic heterocycles. The summed E-state index contributed by atoms with van der Waals surface area (Å²) in [5.41, 5.74) is 1.51. The van der Waals surface area contributed by atoms with E-state index in [9.17, 15) is 9.90 Å². The molecule has 1 aromatic carbocycles. The van der Waals surface area contributed by atoms with Crippen molar-refractivity contribution in [3.63, 3.8) is 0 Å². The minimum absolute atomic E-state index is 0.243. The fourth-order valence-corrected chi connectivity index (χ4v) is 3.26. The SMILES string of the molecule is C=CCn1c(=O)c2cnc(Nc3ccc(C)cc3)nc2n1-c1cccc(C(C)(C)O)n1. The van der Waals surface area contributed by atoms with Gasteiger partial charge >= 0.3 is 0 Å². The quantitative estimate of drug-likeness (QED) is 0.467. The van der Waals surface area contributed by atoms with Crippen LogP contribution in [0.25, 0.3) is 16.9 Å². The van der Waals surface area contributed by atoms with Crippen molar-refractivity contribution in [2.45, 2.75) is 32.9 Å². The maximum atomic E-state index is 13.0. The molecule has 0 aliphatic carbocycles. The molecule has 0 atom stereocenters. The number of anilines is 2. The van der Waals surface area contributed by atoms with Gasteiger partial charge in [-0.15, -0.1) is 6.58 Å². The van der Waals surface area contributed by atoms with Crippen LogP contribution < -0.4 is 10.9 Å². The molecular formula is C23H24N6O2. The highest BCUT2D eigenvalue weighted by Crippen LogP contribution is 2.22. The zero-order valence-electron chi connectivity index (χ0n) is 17.7. The third-order valence-electron chi connectivity index (χ3n) is 4.86. The Kier molecular flexibility index (Phi) is 5.16. The maximum Gasteiger partial charge on any atom is 0.278 e. The fraction of sp³-hybridized carbons (Fsp3) is 0.217. The lowest BCUT2D eigenvalue weighted by Gasteiger charge is -2.18. The first-order valence-corrected chi connectivity index (χ1v) is 9.91. The molecule has 0 amide bonds. The van der Waals surface area contributed by atoms with Crippen molar-refractivity contribution in [3.05, 3.63) is 82.9 Å². The summed E-state index contributed by atoms with van der Waals surface area (Å²) in [7, 11) is 0. The molecule has 8 heteroatoms. The molecular weight excluding hydrogens is 392 g/mol. The highest BCUT2D eigenvalue weighted by Gasteiger charge is 2.21. The Labute approximate surface area is 179 Å². The van der Waals surface area contributed by atoms with Gasteiger partial charge in [0.25, 0.3) is 5.56 Å². The summed E-state index contributed by atoms with van der Waals surface area (Å²) >= 11 is 0. The smallest absolute Gasteiger partial charge is 0.278 e. The summed E-state index contributed by atoms with van der Waals surface area (Å²) in [4.78, 5) is 26.5. The summed E-state index contributed by atoms with van der Waals surface area (Å²) in [6.45, 7) is 9.37. The van der Waals surface area contributed by atoms with Crippen molar-refractivity contribution in [2.24, 2.45) is 0 Å². The highest BCUT2D eigenvalue weighted by molar-refractivity contribution is 5.77. The van der Waals surface area contributed by atoms with E-state index in [0.717, 1.165) is 11.3 Å². The van der Waals surface area contributed by atoms with Gasteiger partial charge in [-0.05, 0) is 45.0 Å². The summed E-state index contributed by atoms with van der Waals surface area (Å²) in [5, 5.41) is 13.9. The normalized spacial score (nSPS) is 11.6. The minimum atomic E-state index is -1.13. The fourth-order valence-electron chi connectivity index (χ4n) is 3.26. The predicted octanol–water partition coefficient (Wildman–Crippen LogP) is 3.44. The summed E-state index contributed by atoms with van der Waals surface area (Å²) in [6, 6.07) is 13.2. The van der Waals surface area contributed by atoms with Crippen LogP contribution >= 0.6 is 0 Å². The molecule has 0 spiro atoms. The zero-order valence-corrected chi connectivity index (χ0v) is 17.7. The van der Waals surface area contributed by atoms with Gasteiger partial charge in [-0.1, -0.05) is 29.8 Å². The van der Waals surface area contributed by atoms with E-state index in [0.29, 0.717) is 28.5 Å². The Morgan fingerprint density at radius 3 is 2.58 bits per heavy atom. The third kappa shape index (κ3) is 3.97. The molecule has 0 saturated heterocycles. The van der Waals surface area contributed by atoms with Crippen LogP contribution in [-0.2, 0) is 12.1 Å². The molecule has 0 radical (unpaired) electrons. The highest BCUT2D eigenvalue weighted by atomic mass is 16.3. The first kappa shape index (κ1) is 20.5. The van der Waals surface area contributed by atoms with E-state index in [1.807, 2.05) is 31.2 Å². The topological polar surface area (TPSA) is 97.9 Å². The Hall–Kier alpha value is -3.78. The van der Waals surface area contributed by atoms with Crippen molar-refractivity contribution < 1.29 is 5.11 Å². The largest absolute Gasteiger partial charge is 0.384 e. The second kappa shape index (κ2) is 7.81. The van der Waals surface area contributed by atoms with E-state index in [1.54, 1.807) is 42.8 Å². The van der Waals surface area contributed by atoms with E-state index < -0.39 is 5.60 Å². The van der Waals surface area contributed by atoms with Crippen molar-refractivity contribution in [3.8, 4) is 5.82 Å². The predicted molar refractivity (Wildman–Crippen MR) is 121 cm³/mol. The molecule has 0 aliphatic rings. The molecule has 8 nitrogen and oxygen atoms in total. The van der Waals surface area contributed by atoms with Crippen LogP contribution in [0.3, 0.4) is 0 Å². The molecule has 31 heavy (non-hydrogen) atoms. The number of rotatable bonds is 6. The number of hydrogen-bond acceptors (Lipinski definition) is 6. The van der Waals surface area contributed by atoms with Crippen LogP contribution in [0.5, 0.6) is 0 Å². The van der Waals surface area contributed by atoms with Gasteiger partial charge < -0.3 is 10.4 Å². The summed E-state index contributed by atoms with van der Waals surface area (Å²) in [5.74, 6) is 0.827. The summed E-state index contributed by atoms with van der Waals surface area (Å²) in [6.07, 6.45) is 3.15. The Balaban J connectivity index is 1.90. The number of aryl methyl sites for hydroxylation is 1. The van der Waals surface area contributed by atoms with Crippen molar-refractivity contribution in [2.75, 3.05) is 5.32 Å². The number of nitrogens with one attached hydrogen (secondary N) is 1. The maximum absolute atomic E-state index is 13.0. The lowest BCUT2D eigenvalue weighted by molar-refractivity contribution is 0.0738. The van der Waals surface area contributed by atoms with E-state index in [1.165, 1.54) is 10.9 Å². The van der Waals surface area contributed by atoms with Gasteiger partial charge in [0.2, 0.25) is 5.95 Å². The lowest BCUT2D eigenvalue weighted by Crippen LogP contribution is -2.23. The standard InChI is InChI=1S/C23H24N6O2/c1-5-13-28-21(30)17-14-24-22(25-16-11-9-15(2)10-12-16)27-20(17)29(28)19-8-6-7-18(26-19)23(3,4)31/h5-12,14,31H,1,13H2,2-4H3,(H,24,25,27). The van der Waals surface area contributed by atoms with Crippen molar-refractivity contribution in [1.82, 2.24) is 24.3 Å². The number of pyridine rings is 1. The van der Waals surface area contributed by atoms with Crippen molar-refractivity contribution >= 4 is 22.7 Å². The van der Waals surface area contributed by atoms with E-state index in [2.05, 4.69) is 26.8 Å². The molecule has 4 rings (SSSR count). The average Bonchev–Trinajstić information content (AvgIpc) is 3.01. The number of fused-ring (bicyclic) bond motifs is 1. The van der Waals surface area contributed by atoms with Gasteiger partial charge in [-0.3, -0.25) is 4.79 Å². The second-order valence-corrected chi connectivity index (χ2v) is 7.85.